The van der Waals surface area contributed by atoms with Gasteiger partial charge in [-0.25, -0.2) is 0 Å². The van der Waals surface area contributed by atoms with Gasteiger partial charge in [-0.3, -0.25) is 4.79 Å². The van der Waals surface area contributed by atoms with Gasteiger partial charge < -0.3 is 10.4 Å². The molecule has 0 aliphatic carbocycles. The number of hydrogen-bond acceptors (Lipinski definition) is 3. The van der Waals surface area contributed by atoms with E-state index in [2.05, 4.69) is 31.3 Å². The number of carbonyl (C=O) groups is 1. The first-order valence-electron chi connectivity index (χ1n) is 6.03. The fourth-order valence-electron chi connectivity index (χ4n) is 1.82. The fraction of sp³-hybridized carbons (Fsp3) is 0.500. The maximum absolute atomic E-state index is 11.2. The van der Waals surface area contributed by atoms with E-state index in [1.165, 1.54) is 10.5 Å². The minimum Gasteiger partial charge on any atom is -0.480 e. The van der Waals surface area contributed by atoms with Crippen LogP contribution >= 0.6 is 11.8 Å². The molecule has 3 nitrogen and oxygen atoms in total. The lowest BCUT2D eigenvalue weighted by Gasteiger charge is -2.27. The topological polar surface area (TPSA) is 49.3 Å². The van der Waals surface area contributed by atoms with Crippen LogP contribution in [0.1, 0.15) is 25.8 Å². The number of carboxylic acid groups (broad SMARTS) is 1. The van der Waals surface area contributed by atoms with Crippen LogP contribution in [-0.4, -0.2) is 28.9 Å². The quantitative estimate of drug-likeness (QED) is 0.778. The van der Waals surface area contributed by atoms with Crippen molar-refractivity contribution in [2.24, 2.45) is 0 Å². The number of benzene rings is 1. The van der Waals surface area contributed by atoms with Gasteiger partial charge in [-0.15, -0.1) is 11.8 Å². The highest BCUT2D eigenvalue weighted by Crippen LogP contribution is 2.30. The third-order valence-electron chi connectivity index (χ3n) is 3.14. The molecule has 0 heterocycles. The molecule has 18 heavy (non-hydrogen) atoms. The molecule has 1 aromatic rings. The number of nitrogens with one attached hydrogen (secondary N) is 1. The Labute approximate surface area is 113 Å². The number of carboxylic acids is 1. The van der Waals surface area contributed by atoms with Gasteiger partial charge in [0.15, 0.2) is 0 Å². The van der Waals surface area contributed by atoms with Crippen molar-refractivity contribution < 1.29 is 9.90 Å². The molecule has 0 spiro atoms. The molecule has 0 aromatic heterocycles. The molecular formula is C14H21NO2S. The standard InChI is InChI=1S/C14H21NO2S/c1-10-7-5-6-8-12(10)18-11(2)9-14(3,15-4)13(16)17/h5-8,11,15H,9H2,1-4H3,(H,16,17). The Bertz CT molecular complexity index is 422. The summed E-state index contributed by atoms with van der Waals surface area (Å²) in [6.07, 6.45) is 0.581. The second-order valence-electron chi connectivity index (χ2n) is 4.79. The van der Waals surface area contributed by atoms with E-state index in [0.29, 0.717) is 6.42 Å². The second kappa shape index (κ2) is 6.25. The zero-order valence-electron chi connectivity index (χ0n) is 11.4. The van der Waals surface area contributed by atoms with Crippen molar-refractivity contribution >= 4 is 17.7 Å². The Balaban J connectivity index is 2.70. The Morgan fingerprint density at radius 1 is 1.50 bits per heavy atom. The average Bonchev–Trinajstić information content (AvgIpc) is 2.31. The van der Waals surface area contributed by atoms with E-state index in [9.17, 15) is 9.90 Å². The van der Waals surface area contributed by atoms with Crippen LogP contribution in [0.3, 0.4) is 0 Å². The Kier molecular flexibility index (Phi) is 5.23. The highest BCUT2D eigenvalue weighted by Gasteiger charge is 2.33. The summed E-state index contributed by atoms with van der Waals surface area (Å²) in [7, 11) is 1.69. The molecule has 0 aliphatic rings. The van der Waals surface area contributed by atoms with E-state index < -0.39 is 11.5 Å². The lowest BCUT2D eigenvalue weighted by atomic mass is 9.96. The summed E-state index contributed by atoms with van der Waals surface area (Å²) in [4.78, 5) is 12.5. The molecule has 100 valence electrons. The van der Waals surface area contributed by atoms with Crippen molar-refractivity contribution in [3.05, 3.63) is 29.8 Å². The summed E-state index contributed by atoms with van der Waals surface area (Å²) >= 11 is 1.73. The molecule has 0 saturated heterocycles. The zero-order chi connectivity index (χ0) is 13.8. The van der Waals surface area contributed by atoms with Crippen molar-refractivity contribution in [1.29, 1.82) is 0 Å². The van der Waals surface area contributed by atoms with Crippen LogP contribution in [0, 0.1) is 6.92 Å². The molecule has 2 unspecified atom stereocenters. The van der Waals surface area contributed by atoms with Gasteiger partial charge in [0.2, 0.25) is 0 Å². The van der Waals surface area contributed by atoms with E-state index >= 15 is 0 Å². The van der Waals surface area contributed by atoms with E-state index in [0.717, 1.165) is 0 Å². The first-order chi connectivity index (χ1) is 8.39. The minimum absolute atomic E-state index is 0.236. The normalized spacial score (nSPS) is 16.0. The summed E-state index contributed by atoms with van der Waals surface area (Å²) in [5.74, 6) is -0.803. The van der Waals surface area contributed by atoms with Crippen LogP contribution in [0.2, 0.25) is 0 Å². The highest BCUT2D eigenvalue weighted by molar-refractivity contribution is 8.00. The van der Waals surface area contributed by atoms with Gasteiger partial charge in [0.1, 0.15) is 5.54 Å². The summed E-state index contributed by atoms with van der Waals surface area (Å²) in [6, 6.07) is 8.17. The molecule has 1 aromatic carbocycles. The van der Waals surface area contributed by atoms with E-state index in [-0.39, 0.29) is 5.25 Å². The van der Waals surface area contributed by atoms with Crippen molar-refractivity contribution in [3.63, 3.8) is 0 Å². The number of aliphatic carboxylic acids is 1. The van der Waals surface area contributed by atoms with Gasteiger partial charge in [-0.2, -0.15) is 0 Å². The zero-order valence-corrected chi connectivity index (χ0v) is 12.2. The van der Waals surface area contributed by atoms with Crippen LogP contribution in [0.15, 0.2) is 29.2 Å². The number of hydrogen-bond donors (Lipinski definition) is 2. The third-order valence-corrected chi connectivity index (χ3v) is 4.42. The van der Waals surface area contributed by atoms with Crippen LogP contribution < -0.4 is 5.32 Å². The molecular weight excluding hydrogens is 246 g/mol. The molecule has 4 heteroatoms. The molecule has 0 saturated carbocycles. The number of likely N-dealkylation sites (N-methyl/N-ethyl adjacent to an activating group) is 1. The summed E-state index contributed by atoms with van der Waals surface area (Å²) < 4.78 is 0. The van der Waals surface area contributed by atoms with Crippen LogP contribution in [0.25, 0.3) is 0 Å². The van der Waals surface area contributed by atoms with Crippen molar-refractivity contribution in [2.45, 2.75) is 42.9 Å². The van der Waals surface area contributed by atoms with Crippen molar-refractivity contribution in [2.75, 3.05) is 7.05 Å². The highest BCUT2D eigenvalue weighted by atomic mass is 32.2. The third kappa shape index (κ3) is 3.75. The predicted molar refractivity (Wildman–Crippen MR) is 76.2 cm³/mol. The van der Waals surface area contributed by atoms with E-state index in [1.807, 2.05) is 12.1 Å². The molecule has 0 aliphatic heterocycles. The van der Waals surface area contributed by atoms with E-state index in [4.69, 9.17) is 0 Å². The first-order valence-corrected chi connectivity index (χ1v) is 6.91. The molecule has 2 atom stereocenters. The van der Waals surface area contributed by atoms with Crippen LogP contribution in [-0.2, 0) is 4.79 Å². The lowest BCUT2D eigenvalue weighted by Crippen LogP contribution is -2.49. The molecule has 0 amide bonds. The molecule has 2 N–H and O–H groups in total. The maximum Gasteiger partial charge on any atom is 0.323 e. The Hall–Kier alpha value is -1.00. The number of thioether (sulfide) groups is 1. The van der Waals surface area contributed by atoms with Gasteiger partial charge in [-0.1, -0.05) is 25.1 Å². The first kappa shape index (κ1) is 15.1. The minimum atomic E-state index is -0.866. The van der Waals surface area contributed by atoms with Gasteiger partial charge in [-0.05, 0) is 38.9 Å². The summed E-state index contributed by atoms with van der Waals surface area (Å²) in [5.41, 5.74) is 0.366. The van der Waals surface area contributed by atoms with Gasteiger partial charge in [0.05, 0.1) is 0 Å². The largest absolute Gasteiger partial charge is 0.480 e. The smallest absolute Gasteiger partial charge is 0.323 e. The SMILES string of the molecule is CNC(C)(CC(C)Sc1ccccc1C)C(=O)O. The monoisotopic (exact) mass is 267 g/mol. The van der Waals surface area contributed by atoms with Crippen LogP contribution in [0.5, 0.6) is 0 Å². The Morgan fingerprint density at radius 3 is 2.61 bits per heavy atom. The van der Waals surface area contributed by atoms with Gasteiger partial charge >= 0.3 is 5.97 Å². The number of aryl methyl sites for hydroxylation is 1. The van der Waals surface area contributed by atoms with Crippen molar-refractivity contribution in [3.8, 4) is 0 Å². The predicted octanol–water partition coefficient (Wildman–Crippen LogP) is 2.93. The molecule has 0 fully saturated rings. The van der Waals surface area contributed by atoms with Gasteiger partial charge in [0.25, 0.3) is 0 Å². The maximum atomic E-state index is 11.2. The molecule has 0 bridgehead atoms. The Morgan fingerprint density at radius 2 is 2.11 bits per heavy atom. The van der Waals surface area contributed by atoms with Crippen molar-refractivity contribution in [1.82, 2.24) is 5.32 Å². The lowest BCUT2D eigenvalue weighted by molar-refractivity contribution is -0.144. The number of rotatable bonds is 6. The van der Waals surface area contributed by atoms with Crippen LogP contribution in [0.4, 0.5) is 0 Å². The second-order valence-corrected chi connectivity index (χ2v) is 6.27. The average molecular weight is 267 g/mol. The molecule has 0 radical (unpaired) electrons. The summed E-state index contributed by atoms with van der Waals surface area (Å²) in [5, 5.41) is 12.4. The molecule has 1 rings (SSSR count). The summed E-state index contributed by atoms with van der Waals surface area (Å²) in [6.45, 7) is 5.86. The van der Waals surface area contributed by atoms with Gasteiger partial charge in [0, 0.05) is 10.1 Å². The van der Waals surface area contributed by atoms with E-state index in [1.54, 1.807) is 25.7 Å². The fourth-order valence-corrected chi connectivity index (χ4v) is 3.08.